The number of anilines is 1. The van der Waals surface area contributed by atoms with E-state index >= 15 is 0 Å². The minimum Gasteiger partial charge on any atom is -0.434 e. The van der Waals surface area contributed by atoms with Gasteiger partial charge in [-0.25, -0.2) is 4.79 Å². The summed E-state index contributed by atoms with van der Waals surface area (Å²) in [7, 11) is 0. The Morgan fingerprint density at radius 3 is 2.78 bits per heavy atom. The van der Waals surface area contributed by atoms with Crippen LogP contribution >= 0.6 is 0 Å². The van der Waals surface area contributed by atoms with Crippen LogP contribution in [0.15, 0.2) is 18.2 Å². The third-order valence-electron chi connectivity index (χ3n) is 2.28. The lowest BCUT2D eigenvalue weighted by molar-refractivity contribution is -0.0502. The molecule has 1 aromatic carbocycles. The average molecular weight is 258 g/mol. The standard InChI is InChI=1S/C12H16F2N2O2/c1-3-7-15-12(17)16-9-5-4-6-10(8(9)2)18-11(13)14/h4-6,11H,3,7H2,1-2H3,(H2,15,16,17). The Morgan fingerprint density at radius 2 is 2.17 bits per heavy atom. The zero-order chi connectivity index (χ0) is 13.5. The molecule has 100 valence electrons. The molecule has 0 atom stereocenters. The summed E-state index contributed by atoms with van der Waals surface area (Å²) in [6, 6.07) is 4.23. The number of ether oxygens (including phenoxy) is 1. The van der Waals surface area contributed by atoms with Crippen LogP contribution in [-0.2, 0) is 0 Å². The molecule has 0 unspecified atom stereocenters. The number of alkyl halides is 2. The van der Waals surface area contributed by atoms with Crippen molar-refractivity contribution < 1.29 is 18.3 Å². The van der Waals surface area contributed by atoms with Gasteiger partial charge in [-0.2, -0.15) is 8.78 Å². The van der Waals surface area contributed by atoms with Crippen LogP contribution in [-0.4, -0.2) is 19.2 Å². The second-order valence-electron chi connectivity index (χ2n) is 3.69. The predicted molar refractivity (Wildman–Crippen MR) is 65.1 cm³/mol. The van der Waals surface area contributed by atoms with Gasteiger partial charge in [0.2, 0.25) is 0 Å². The Kier molecular flexibility index (Phi) is 5.35. The van der Waals surface area contributed by atoms with E-state index in [0.717, 1.165) is 6.42 Å². The lowest BCUT2D eigenvalue weighted by atomic mass is 10.2. The Hall–Kier alpha value is -1.85. The first kappa shape index (κ1) is 14.2. The summed E-state index contributed by atoms with van der Waals surface area (Å²) in [4.78, 5) is 11.4. The van der Waals surface area contributed by atoms with E-state index in [1.165, 1.54) is 6.07 Å². The highest BCUT2D eigenvalue weighted by molar-refractivity contribution is 5.90. The van der Waals surface area contributed by atoms with Gasteiger partial charge < -0.3 is 15.4 Å². The fourth-order valence-corrected chi connectivity index (χ4v) is 1.38. The Labute approximate surface area is 104 Å². The third kappa shape index (κ3) is 4.20. The van der Waals surface area contributed by atoms with Crippen LogP contribution in [0.3, 0.4) is 0 Å². The van der Waals surface area contributed by atoms with Crippen LogP contribution < -0.4 is 15.4 Å². The third-order valence-corrected chi connectivity index (χ3v) is 2.28. The molecular weight excluding hydrogens is 242 g/mol. The van der Waals surface area contributed by atoms with Gasteiger partial charge in [-0.1, -0.05) is 13.0 Å². The number of hydrogen-bond acceptors (Lipinski definition) is 2. The monoisotopic (exact) mass is 258 g/mol. The first-order chi connectivity index (χ1) is 8.54. The van der Waals surface area contributed by atoms with Crippen LogP contribution in [0.1, 0.15) is 18.9 Å². The highest BCUT2D eigenvalue weighted by atomic mass is 19.3. The molecule has 2 N–H and O–H groups in total. The van der Waals surface area contributed by atoms with Gasteiger partial charge in [0.15, 0.2) is 0 Å². The maximum Gasteiger partial charge on any atom is 0.387 e. The molecule has 0 aliphatic rings. The fourth-order valence-electron chi connectivity index (χ4n) is 1.38. The van der Waals surface area contributed by atoms with Crippen molar-refractivity contribution in [3.05, 3.63) is 23.8 Å². The van der Waals surface area contributed by atoms with Gasteiger partial charge in [0.25, 0.3) is 0 Å². The summed E-state index contributed by atoms with van der Waals surface area (Å²) in [5.41, 5.74) is 0.909. The number of nitrogens with one attached hydrogen (secondary N) is 2. The summed E-state index contributed by atoms with van der Waals surface area (Å²) in [6.07, 6.45) is 0.820. The highest BCUT2D eigenvalue weighted by Crippen LogP contribution is 2.26. The van der Waals surface area contributed by atoms with Gasteiger partial charge in [0, 0.05) is 17.8 Å². The quantitative estimate of drug-likeness (QED) is 0.852. The lowest BCUT2D eigenvalue weighted by Gasteiger charge is -2.13. The molecule has 4 nitrogen and oxygen atoms in total. The molecule has 0 aliphatic carbocycles. The first-order valence-electron chi connectivity index (χ1n) is 5.64. The average Bonchev–Trinajstić information content (AvgIpc) is 2.31. The molecule has 0 radical (unpaired) electrons. The molecule has 1 rings (SSSR count). The predicted octanol–water partition coefficient (Wildman–Crippen LogP) is 3.13. The maximum atomic E-state index is 12.1. The summed E-state index contributed by atoms with van der Waals surface area (Å²) < 4.78 is 28.6. The normalized spacial score (nSPS) is 10.3. The van der Waals surface area contributed by atoms with Crippen molar-refractivity contribution >= 4 is 11.7 Å². The molecule has 6 heteroatoms. The minimum atomic E-state index is -2.88. The number of carbonyl (C=O) groups excluding carboxylic acids is 1. The van der Waals surface area contributed by atoms with E-state index < -0.39 is 6.61 Å². The van der Waals surface area contributed by atoms with Crippen molar-refractivity contribution in [3.63, 3.8) is 0 Å². The Balaban J connectivity index is 2.74. The van der Waals surface area contributed by atoms with Crippen molar-refractivity contribution in [2.75, 3.05) is 11.9 Å². The molecule has 0 aromatic heterocycles. The Morgan fingerprint density at radius 1 is 1.44 bits per heavy atom. The second-order valence-corrected chi connectivity index (χ2v) is 3.69. The largest absolute Gasteiger partial charge is 0.434 e. The molecule has 0 heterocycles. The summed E-state index contributed by atoms with van der Waals surface area (Å²) in [5, 5.41) is 5.21. The van der Waals surface area contributed by atoms with Crippen LogP contribution in [0.4, 0.5) is 19.3 Å². The van der Waals surface area contributed by atoms with E-state index in [1.807, 2.05) is 6.92 Å². The van der Waals surface area contributed by atoms with Gasteiger partial charge in [-0.05, 0) is 25.5 Å². The molecule has 0 fully saturated rings. The van der Waals surface area contributed by atoms with Crippen molar-refractivity contribution in [2.45, 2.75) is 26.9 Å². The fraction of sp³-hybridized carbons (Fsp3) is 0.417. The van der Waals surface area contributed by atoms with Crippen molar-refractivity contribution in [2.24, 2.45) is 0 Å². The summed E-state index contributed by atoms with van der Waals surface area (Å²) in [6.45, 7) is 1.21. The summed E-state index contributed by atoms with van der Waals surface area (Å²) in [5.74, 6) is 0.0540. The van der Waals surface area contributed by atoms with E-state index in [9.17, 15) is 13.6 Å². The van der Waals surface area contributed by atoms with E-state index in [4.69, 9.17) is 0 Å². The van der Waals surface area contributed by atoms with Gasteiger partial charge >= 0.3 is 12.6 Å². The molecule has 18 heavy (non-hydrogen) atoms. The number of rotatable bonds is 5. The van der Waals surface area contributed by atoms with Gasteiger partial charge in [0.1, 0.15) is 5.75 Å². The van der Waals surface area contributed by atoms with Crippen LogP contribution in [0.5, 0.6) is 5.75 Å². The number of urea groups is 1. The lowest BCUT2D eigenvalue weighted by Crippen LogP contribution is -2.29. The van der Waals surface area contributed by atoms with Crippen molar-refractivity contribution in [1.29, 1.82) is 0 Å². The van der Waals surface area contributed by atoms with E-state index in [2.05, 4.69) is 15.4 Å². The number of benzene rings is 1. The molecule has 1 aromatic rings. The molecule has 0 saturated heterocycles. The van der Waals surface area contributed by atoms with Gasteiger partial charge in [-0.15, -0.1) is 0 Å². The number of halogens is 2. The smallest absolute Gasteiger partial charge is 0.387 e. The van der Waals surface area contributed by atoms with E-state index in [0.29, 0.717) is 17.8 Å². The molecular formula is C12H16F2N2O2. The second kappa shape index (κ2) is 6.78. The van der Waals surface area contributed by atoms with Crippen LogP contribution in [0, 0.1) is 6.92 Å². The summed E-state index contributed by atoms with van der Waals surface area (Å²) >= 11 is 0. The maximum absolute atomic E-state index is 12.1. The zero-order valence-corrected chi connectivity index (χ0v) is 10.3. The number of carbonyl (C=O) groups is 1. The van der Waals surface area contributed by atoms with Crippen molar-refractivity contribution in [3.8, 4) is 5.75 Å². The van der Waals surface area contributed by atoms with E-state index in [1.54, 1.807) is 19.1 Å². The van der Waals surface area contributed by atoms with Crippen LogP contribution in [0.2, 0.25) is 0 Å². The zero-order valence-electron chi connectivity index (χ0n) is 10.3. The molecule has 0 saturated carbocycles. The minimum absolute atomic E-state index is 0.0540. The SMILES string of the molecule is CCCNC(=O)Nc1cccc(OC(F)F)c1C. The molecule has 0 aliphatic heterocycles. The van der Waals surface area contributed by atoms with Crippen molar-refractivity contribution in [1.82, 2.24) is 5.32 Å². The topological polar surface area (TPSA) is 50.4 Å². The van der Waals surface area contributed by atoms with Gasteiger partial charge in [0.05, 0.1) is 0 Å². The highest BCUT2D eigenvalue weighted by Gasteiger charge is 2.11. The Bertz CT molecular complexity index is 411. The number of hydrogen-bond donors (Lipinski definition) is 2. The first-order valence-corrected chi connectivity index (χ1v) is 5.64. The molecule has 0 spiro atoms. The van der Waals surface area contributed by atoms with Gasteiger partial charge in [-0.3, -0.25) is 0 Å². The van der Waals surface area contributed by atoms with Crippen LogP contribution in [0.25, 0.3) is 0 Å². The molecule has 0 bridgehead atoms. The molecule has 2 amide bonds. The van der Waals surface area contributed by atoms with E-state index in [-0.39, 0.29) is 11.8 Å². The number of amides is 2.